The number of ether oxygens (including phenoxy) is 3. The summed E-state index contributed by atoms with van der Waals surface area (Å²) in [6, 6.07) is 0. The highest BCUT2D eigenvalue weighted by molar-refractivity contribution is 4.82. The van der Waals surface area contributed by atoms with Crippen LogP contribution in [-0.2, 0) is 14.2 Å². The maximum atomic E-state index is 5.95. The third-order valence-corrected chi connectivity index (χ3v) is 4.11. The first-order valence-corrected chi connectivity index (χ1v) is 7.74. The summed E-state index contributed by atoms with van der Waals surface area (Å²) in [5.41, 5.74) is 0. The van der Waals surface area contributed by atoms with Gasteiger partial charge in [0.25, 0.3) is 0 Å². The minimum atomic E-state index is -0.235. The van der Waals surface area contributed by atoms with E-state index in [0.29, 0.717) is 6.10 Å². The lowest BCUT2D eigenvalue weighted by molar-refractivity contribution is -0.191. The molecule has 1 heterocycles. The lowest BCUT2D eigenvalue weighted by atomic mass is 9.92. The fourth-order valence-corrected chi connectivity index (χ4v) is 2.94. The molecular formula is C15H28O3. The second kappa shape index (κ2) is 7.46. The Morgan fingerprint density at radius 2 is 1.67 bits per heavy atom. The minimum Gasteiger partial charge on any atom is -0.378 e. The zero-order valence-electron chi connectivity index (χ0n) is 11.8. The van der Waals surface area contributed by atoms with Crippen LogP contribution >= 0.6 is 0 Å². The van der Waals surface area contributed by atoms with Crippen LogP contribution in [0.2, 0.25) is 0 Å². The van der Waals surface area contributed by atoms with E-state index in [1.54, 1.807) is 0 Å². The van der Waals surface area contributed by atoms with Gasteiger partial charge in [-0.3, -0.25) is 0 Å². The smallest absolute Gasteiger partial charge is 0.168 e. The first kappa shape index (κ1) is 14.3. The van der Waals surface area contributed by atoms with Crippen LogP contribution in [0.5, 0.6) is 0 Å². The summed E-state index contributed by atoms with van der Waals surface area (Å²) in [6.07, 6.45) is 11.2. The van der Waals surface area contributed by atoms with Crippen molar-refractivity contribution in [3.63, 3.8) is 0 Å². The van der Waals surface area contributed by atoms with Crippen LogP contribution in [0.15, 0.2) is 0 Å². The molecule has 2 rings (SSSR count). The van der Waals surface area contributed by atoms with Crippen LogP contribution in [0.25, 0.3) is 0 Å². The van der Waals surface area contributed by atoms with Gasteiger partial charge < -0.3 is 14.2 Å². The molecule has 1 aliphatic carbocycles. The molecule has 2 aliphatic rings. The summed E-state index contributed by atoms with van der Waals surface area (Å²) in [6.45, 7) is 4.72. The Bertz CT molecular complexity index is 214. The van der Waals surface area contributed by atoms with Gasteiger partial charge in [-0.25, -0.2) is 0 Å². The lowest BCUT2D eigenvalue weighted by Crippen LogP contribution is -2.37. The molecule has 0 aromatic heterocycles. The van der Waals surface area contributed by atoms with E-state index in [9.17, 15) is 0 Å². The Hall–Kier alpha value is -0.120. The molecule has 0 bridgehead atoms. The molecule has 18 heavy (non-hydrogen) atoms. The van der Waals surface area contributed by atoms with Gasteiger partial charge in [0, 0.05) is 19.4 Å². The summed E-state index contributed by atoms with van der Waals surface area (Å²) in [7, 11) is 0. The second-order valence-electron chi connectivity index (χ2n) is 5.59. The minimum absolute atomic E-state index is 0.235. The van der Waals surface area contributed by atoms with Crippen LogP contribution in [-0.4, -0.2) is 31.7 Å². The summed E-state index contributed by atoms with van der Waals surface area (Å²) in [4.78, 5) is 0. The van der Waals surface area contributed by atoms with Gasteiger partial charge in [0.15, 0.2) is 5.79 Å². The molecule has 1 saturated heterocycles. The van der Waals surface area contributed by atoms with E-state index < -0.39 is 0 Å². The van der Waals surface area contributed by atoms with Gasteiger partial charge in [-0.1, -0.05) is 32.6 Å². The average Bonchev–Trinajstić information content (AvgIpc) is 2.85. The molecule has 0 radical (unpaired) electrons. The van der Waals surface area contributed by atoms with Gasteiger partial charge in [0.2, 0.25) is 0 Å². The third kappa shape index (κ3) is 4.22. The summed E-state index contributed by atoms with van der Waals surface area (Å²) in [5.74, 6) is -0.235. The van der Waals surface area contributed by atoms with Crippen LogP contribution in [0, 0.1) is 0 Å². The Labute approximate surface area is 111 Å². The van der Waals surface area contributed by atoms with Crippen molar-refractivity contribution in [2.24, 2.45) is 0 Å². The summed E-state index contributed by atoms with van der Waals surface area (Å²) < 4.78 is 17.4. The summed E-state index contributed by atoms with van der Waals surface area (Å²) >= 11 is 0. The van der Waals surface area contributed by atoms with Crippen LogP contribution in [0.4, 0.5) is 0 Å². The highest BCUT2D eigenvalue weighted by atomic mass is 16.7. The molecule has 1 spiro atoms. The molecule has 3 nitrogen and oxygen atoms in total. The van der Waals surface area contributed by atoms with Gasteiger partial charge in [-0.15, -0.1) is 0 Å². The van der Waals surface area contributed by atoms with Crippen molar-refractivity contribution in [2.75, 3.05) is 19.8 Å². The van der Waals surface area contributed by atoms with E-state index >= 15 is 0 Å². The first-order chi connectivity index (χ1) is 8.85. The van der Waals surface area contributed by atoms with E-state index in [1.165, 1.54) is 32.1 Å². The van der Waals surface area contributed by atoms with E-state index in [-0.39, 0.29) is 5.79 Å². The molecule has 0 atom stereocenters. The SMILES string of the molecule is CCCCCCCOC1CCC2(CC1)OCCO2. The van der Waals surface area contributed by atoms with E-state index in [1.807, 2.05) is 0 Å². The highest BCUT2D eigenvalue weighted by Gasteiger charge is 2.40. The third-order valence-electron chi connectivity index (χ3n) is 4.11. The molecule has 1 aliphatic heterocycles. The molecule has 1 saturated carbocycles. The van der Waals surface area contributed by atoms with Gasteiger partial charge in [-0.05, 0) is 19.3 Å². The molecule has 106 valence electrons. The quantitative estimate of drug-likeness (QED) is 0.651. The Morgan fingerprint density at radius 1 is 1.00 bits per heavy atom. The van der Waals surface area contributed by atoms with Crippen molar-refractivity contribution in [2.45, 2.75) is 76.6 Å². The van der Waals surface area contributed by atoms with Crippen LogP contribution in [0.1, 0.15) is 64.7 Å². The number of unbranched alkanes of at least 4 members (excludes halogenated alkanes) is 4. The lowest BCUT2D eigenvalue weighted by Gasteiger charge is -2.35. The van der Waals surface area contributed by atoms with E-state index in [2.05, 4.69) is 6.92 Å². The number of rotatable bonds is 7. The Morgan fingerprint density at radius 3 is 2.33 bits per heavy atom. The summed E-state index contributed by atoms with van der Waals surface area (Å²) in [5, 5.41) is 0. The molecule has 2 fully saturated rings. The van der Waals surface area contributed by atoms with Crippen molar-refractivity contribution in [3.05, 3.63) is 0 Å². The zero-order chi connectivity index (χ0) is 12.7. The van der Waals surface area contributed by atoms with Crippen LogP contribution < -0.4 is 0 Å². The Balaban J connectivity index is 1.51. The largest absolute Gasteiger partial charge is 0.378 e. The highest BCUT2D eigenvalue weighted by Crippen LogP contribution is 2.36. The number of hydrogen-bond acceptors (Lipinski definition) is 3. The van der Waals surface area contributed by atoms with Crippen molar-refractivity contribution >= 4 is 0 Å². The predicted molar refractivity (Wildman–Crippen MR) is 71.6 cm³/mol. The topological polar surface area (TPSA) is 27.7 Å². The molecular weight excluding hydrogens is 228 g/mol. The standard InChI is InChI=1S/C15H28O3/c1-2-3-4-5-6-11-16-14-7-9-15(10-8-14)17-12-13-18-15/h14H,2-13H2,1H3. The van der Waals surface area contributed by atoms with E-state index in [0.717, 1.165) is 45.5 Å². The van der Waals surface area contributed by atoms with Gasteiger partial charge in [0.1, 0.15) is 0 Å². The maximum absolute atomic E-state index is 5.95. The normalized spacial score (nSPS) is 23.8. The van der Waals surface area contributed by atoms with Gasteiger partial charge >= 0.3 is 0 Å². The van der Waals surface area contributed by atoms with Crippen molar-refractivity contribution < 1.29 is 14.2 Å². The fraction of sp³-hybridized carbons (Fsp3) is 1.00. The van der Waals surface area contributed by atoms with Gasteiger partial charge in [0.05, 0.1) is 19.3 Å². The van der Waals surface area contributed by atoms with Crippen molar-refractivity contribution in [1.82, 2.24) is 0 Å². The predicted octanol–water partition coefficient (Wildman–Crippen LogP) is 3.66. The average molecular weight is 256 g/mol. The van der Waals surface area contributed by atoms with Crippen LogP contribution in [0.3, 0.4) is 0 Å². The fourth-order valence-electron chi connectivity index (χ4n) is 2.94. The monoisotopic (exact) mass is 256 g/mol. The first-order valence-electron chi connectivity index (χ1n) is 7.74. The Kier molecular flexibility index (Phi) is 5.93. The number of hydrogen-bond donors (Lipinski definition) is 0. The maximum Gasteiger partial charge on any atom is 0.168 e. The van der Waals surface area contributed by atoms with E-state index in [4.69, 9.17) is 14.2 Å². The molecule has 0 aromatic carbocycles. The van der Waals surface area contributed by atoms with Crippen molar-refractivity contribution in [1.29, 1.82) is 0 Å². The van der Waals surface area contributed by atoms with Crippen molar-refractivity contribution in [3.8, 4) is 0 Å². The molecule has 0 aromatic rings. The van der Waals surface area contributed by atoms with Gasteiger partial charge in [-0.2, -0.15) is 0 Å². The molecule has 0 amide bonds. The molecule has 0 unspecified atom stereocenters. The second-order valence-corrected chi connectivity index (χ2v) is 5.59. The molecule has 3 heteroatoms. The zero-order valence-corrected chi connectivity index (χ0v) is 11.8. The molecule has 0 N–H and O–H groups in total.